The number of carboxylic acid groups (broad SMARTS) is 1. The normalized spacial score (nSPS) is 10.9. The predicted molar refractivity (Wildman–Crippen MR) is 123 cm³/mol. The molecule has 13 heteroatoms. The van der Waals surface area contributed by atoms with Crippen molar-refractivity contribution in [2.45, 2.75) is 13.0 Å². The number of ether oxygens (including phenoxy) is 2. The van der Waals surface area contributed by atoms with Crippen molar-refractivity contribution in [2.24, 2.45) is 0 Å². The molecule has 176 valence electrons. The summed E-state index contributed by atoms with van der Waals surface area (Å²) in [5, 5.41) is 25.2. The van der Waals surface area contributed by atoms with Gasteiger partial charge in [-0.1, -0.05) is 46.9 Å². The third kappa shape index (κ3) is 5.96. The van der Waals surface area contributed by atoms with Crippen LogP contribution in [0.3, 0.4) is 0 Å². The minimum absolute atomic E-state index is 0.100. The number of benzene rings is 2. The Morgan fingerprint density at radius 2 is 1.71 bits per heavy atom. The Morgan fingerprint density at radius 1 is 0.971 bits per heavy atom. The fourth-order valence-corrected chi connectivity index (χ4v) is 3.32. The van der Waals surface area contributed by atoms with E-state index in [2.05, 4.69) is 20.6 Å². The molecule has 2 heterocycles. The second kappa shape index (κ2) is 10.7. The van der Waals surface area contributed by atoms with Crippen LogP contribution in [0.25, 0.3) is 22.7 Å². The minimum Gasteiger partial charge on any atom is -0.492 e. The molecule has 0 aliphatic carbocycles. The molecule has 0 spiro atoms. The first kappa shape index (κ1) is 23.8. The van der Waals surface area contributed by atoms with Crippen molar-refractivity contribution in [3.05, 3.63) is 57.5 Å². The Labute approximate surface area is 207 Å². The number of rotatable bonds is 10. The van der Waals surface area contributed by atoms with Gasteiger partial charge in [0.2, 0.25) is 11.6 Å². The standard InChI is InChI=1S/C21H16Cl3N5O5/c22-14-4-2-12(8-16(14)24)13-3-5-15(23)17(9-13)32-6-1-7-33-19-10-18(34-27-19)21-25-28-29(26-21)11-20(30)31/h2-5,8-10H,1,6-7,11H2,(H,30,31). The third-order valence-corrected chi connectivity index (χ3v) is 5.47. The minimum atomic E-state index is -1.09. The van der Waals surface area contributed by atoms with Crippen LogP contribution >= 0.6 is 34.8 Å². The van der Waals surface area contributed by atoms with E-state index in [4.69, 9.17) is 53.9 Å². The molecule has 0 saturated heterocycles. The summed E-state index contributed by atoms with van der Waals surface area (Å²) in [6.07, 6.45) is 0.544. The highest BCUT2D eigenvalue weighted by molar-refractivity contribution is 6.42. The van der Waals surface area contributed by atoms with Crippen LogP contribution in [-0.2, 0) is 11.3 Å². The van der Waals surface area contributed by atoms with Gasteiger partial charge in [-0.25, -0.2) is 0 Å². The van der Waals surface area contributed by atoms with Gasteiger partial charge in [-0.05, 0) is 45.8 Å². The van der Waals surface area contributed by atoms with Crippen LogP contribution in [0.2, 0.25) is 15.1 Å². The van der Waals surface area contributed by atoms with Gasteiger partial charge in [0.25, 0.3) is 5.88 Å². The Bertz CT molecular complexity index is 1310. The molecule has 0 saturated carbocycles. The van der Waals surface area contributed by atoms with Gasteiger partial charge in [-0.15, -0.1) is 10.2 Å². The molecule has 2 aromatic heterocycles. The number of nitrogens with zero attached hydrogens (tertiary/aromatic N) is 5. The molecule has 4 aromatic rings. The summed E-state index contributed by atoms with van der Waals surface area (Å²) in [5.74, 6) is -0.0268. The van der Waals surface area contributed by atoms with E-state index in [0.717, 1.165) is 15.9 Å². The van der Waals surface area contributed by atoms with Gasteiger partial charge < -0.3 is 19.1 Å². The first-order valence-electron chi connectivity index (χ1n) is 9.86. The number of halogens is 3. The highest BCUT2D eigenvalue weighted by Crippen LogP contribution is 2.33. The molecule has 0 aliphatic heterocycles. The first-order chi connectivity index (χ1) is 16.4. The van der Waals surface area contributed by atoms with Crippen LogP contribution in [0.15, 0.2) is 47.0 Å². The summed E-state index contributed by atoms with van der Waals surface area (Å²) >= 11 is 18.4. The molecule has 0 bridgehead atoms. The van der Waals surface area contributed by atoms with Crippen LogP contribution in [-0.4, -0.2) is 49.7 Å². The zero-order valence-electron chi connectivity index (χ0n) is 17.3. The lowest BCUT2D eigenvalue weighted by molar-refractivity contribution is -0.138. The summed E-state index contributed by atoms with van der Waals surface area (Å²) < 4.78 is 16.5. The van der Waals surface area contributed by atoms with E-state index in [1.54, 1.807) is 18.2 Å². The SMILES string of the molecule is O=C(O)Cn1nnc(-c2cc(OCCCOc3cc(-c4ccc(Cl)c(Cl)c4)ccc3Cl)no2)n1. The van der Waals surface area contributed by atoms with Gasteiger partial charge in [0, 0.05) is 6.42 Å². The van der Waals surface area contributed by atoms with Crippen molar-refractivity contribution in [1.82, 2.24) is 25.4 Å². The van der Waals surface area contributed by atoms with Crippen LogP contribution in [0, 0.1) is 0 Å². The lowest BCUT2D eigenvalue weighted by Crippen LogP contribution is -2.11. The number of aliphatic carboxylic acids is 1. The molecule has 0 aliphatic rings. The summed E-state index contributed by atoms with van der Waals surface area (Å²) in [7, 11) is 0. The topological polar surface area (TPSA) is 125 Å². The van der Waals surface area contributed by atoms with Gasteiger partial charge in [0.1, 0.15) is 5.75 Å². The van der Waals surface area contributed by atoms with Crippen LogP contribution in [0.4, 0.5) is 0 Å². The number of carbonyl (C=O) groups is 1. The maximum absolute atomic E-state index is 10.7. The average Bonchev–Trinajstić information content (AvgIpc) is 3.46. The third-order valence-electron chi connectivity index (χ3n) is 4.42. The van der Waals surface area contributed by atoms with Crippen LogP contribution in [0.1, 0.15) is 6.42 Å². The number of hydrogen-bond donors (Lipinski definition) is 1. The maximum atomic E-state index is 10.7. The van der Waals surface area contributed by atoms with Crippen molar-refractivity contribution < 1.29 is 23.9 Å². The second-order valence-electron chi connectivity index (χ2n) is 6.89. The molecular formula is C21H16Cl3N5O5. The van der Waals surface area contributed by atoms with Crippen molar-refractivity contribution in [3.8, 4) is 34.3 Å². The van der Waals surface area contributed by atoms with Gasteiger partial charge in [0.15, 0.2) is 6.54 Å². The average molecular weight is 525 g/mol. The second-order valence-corrected chi connectivity index (χ2v) is 8.11. The molecular weight excluding hydrogens is 509 g/mol. The van der Waals surface area contributed by atoms with E-state index in [0.29, 0.717) is 40.5 Å². The smallest absolute Gasteiger partial charge is 0.327 e. The van der Waals surface area contributed by atoms with Gasteiger partial charge >= 0.3 is 5.97 Å². The molecule has 1 N–H and O–H groups in total. The fraction of sp³-hybridized carbons (Fsp3) is 0.190. The van der Waals surface area contributed by atoms with Crippen LogP contribution in [0.5, 0.6) is 11.6 Å². The number of carboxylic acids is 1. The molecule has 34 heavy (non-hydrogen) atoms. The molecule has 4 rings (SSSR count). The Kier molecular flexibility index (Phi) is 7.51. The molecule has 0 fully saturated rings. The van der Waals surface area contributed by atoms with Gasteiger partial charge in [-0.3, -0.25) is 4.79 Å². The highest BCUT2D eigenvalue weighted by Gasteiger charge is 2.14. The zero-order chi connectivity index (χ0) is 24.1. The lowest BCUT2D eigenvalue weighted by Gasteiger charge is -2.11. The molecule has 0 amide bonds. The Hall–Kier alpha value is -3.34. The summed E-state index contributed by atoms with van der Waals surface area (Å²) in [6, 6.07) is 12.3. The van der Waals surface area contributed by atoms with E-state index in [9.17, 15) is 4.79 Å². The van der Waals surface area contributed by atoms with Crippen molar-refractivity contribution in [2.75, 3.05) is 13.2 Å². The lowest BCUT2D eigenvalue weighted by atomic mass is 10.1. The largest absolute Gasteiger partial charge is 0.492 e. The van der Waals surface area contributed by atoms with E-state index < -0.39 is 12.5 Å². The van der Waals surface area contributed by atoms with Crippen LogP contribution < -0.4 is 9.47 Å². The monoisotopic (exact) mass is 523 g/mol. The highest BCUT2D eigenvalue weighted by atomic mass is 35.5. The van der Waals surface area contributed by atoms with Crippen molar-refractivity contribution >= 4 is 40.8 Å². The quantitative estimate of drug-likeness (QED) is 0.289. The van der Waals surface area contributed by atoms with Crippen molar-refractivity contribution in [3.63, 3.8) is 0 Å². The summed E-state index contributed by atoms with van der Waals surface area (Å²) in [6.45, 7) is 0.237. The van der Waals surface area contributed by atoms with E-state index >= 15 is 0 Å². The summed E-state index contributed by atoms with van der Waals surface area (Å²) in [4.78, 5) is 11.6. The predicted octanol–water partition coefficient (Wildman–Crippen LogP) is 4.89. The number of tetrazole rings is 1. The van der Waals surface area contributed by atoms with Gasteiger partial charge in [-0.2, -0.15) is 4.80 Å². The molecule has 10 nitrogen and oxygen atoms in total. The number of hydrogen-bond acceptors (Lipinski definition) is 8. The zero-order valence-corrected chi connectivity index (χ0v) is 19.6. The summed E-state index contributed by atoms with van der Waals surface area (Å²) in [5.41, 5.74) is 1.77. The van der Waals surface area contributed by atoms with E-state index in [-0.39, 0.29) is 17.5 Å². The molecule has 2 aromatic carbocycles. The maximum Gasteiger partial charge on any atom is 0.327 e. The fourth-order valence-electron chi connectivity index (χ4n) is 2.85. The van der Waals surface area contributed by atoms with Crippen molar-refractivity contribution in [1.29, 1.82) is 0 Å². The van der Waals surface area contributed by atoms with Gasteiger partial charge in [0.05, 0.1) is 34.3 Å². The Morgan fingerprint density at radius 3 is 2.47 bits per heavy atom. The number of aromatic nitrogens is 5. The van der Waals surface area contributed by atoms with E-state index in [1.807, 2.05) is 18.2 Å². The Balaban J connectivity index is 1.28. The molecule has 0 unspecified atom stereocenters. The van der Waals surface area contributed by atoms with E-state index in [1.165, 1.54) is 6.07 Å². The molecule has 0 atom stereocenters. The molecule has 0 radical (unpaired) electrons. The first-order valence-corrected chi connectivity index (χ1v) is 11.0.